The zero-order valence-electron chi connectivity index (χ0n) is 25.0. The molecule has 3 N–H and O–H groups in total. The zero-order valence-corrected chi connectivity index (χ0v) is 25.8. The fourth-order valence-electron chi connectivity index (χ4n) is 5.11. The maximum absolute atomic E-state index is 14.8. The minimum Gasteiger partial charge on any atom is -0.457 e. The van der Waals surface area contributed by atoms with E-state index in [-0.39, 0.29) is 28.8 Å². The van der Waals surface area contributed by atoms with Gasteiger partial charge in [0.1, 0.15) is 29.0 Å². The summed E-state index contributed by atoms with van der Waals surface area (Å²) < 4.78 is 33.6. The molecule has 2 aliphatic rings. The van der Waals surface area contributed by atoms with E-state index in [1.165, 1.54) is 48.7 Å². The van der Waals surface area contributed by atoms with Crippen LogP contribution in [-0.2, 0) is 16.1 Å². The first-order chi connectivity index (χ1) is 21.6. The van der Waals surface area contributed by atoms with E-state index >= 15 is 0 Å². The number of carbonyl (C=O) groups is 2. The Hall–Kier alpha value is -4.24. The normalized spacial score (nSPS) is 16.1. The lowest BCUT2D eigenvalue weighted by Gasteiger charge is -2.48. The number of carbonyl (C=O) groups excluding carboxylic acids is 2. The van der Waals surface area contributed by atoms with Gasteiger partial charge in [0.15, 0.2) is 5.11 Å². The van der Waals surface area contributed by atoms with E-state index < -0.39 is 23.6 Å². The lowest BCUT2D eigenvalue weighted by molar-refractivity contribution is -0.123. The van der Waals surface area contributed by atoms with E-state index in [1.54, 1.807) is 11.1 Å². The predicted octanol–water partition coefficient (Wildman–Crippen LogP) is 4.38. The standard InChI is InChI=1S/C31H35F2N7O4S/c1-38(2)23-18-39(19-23)22-10-13-40(14-11-22)44-31(42)36-28-17-25(9-12-34-28)43-24-7-8-27(26(33)16-24)35-30(45)37-29(41)15-20-3-5-21(32)6-4-20/h3-9,12,16-17,22-23H,10-11,13-15,18-19H2,1-2H3,(H,34,36,42)(H2,35,37,41,45). The van der Waals surface area contributed by atoms with Gasteiger partial charge >= 0.3 is 6.09 Å². The summed E-state index contributed by atoms with van der Waals surface area (Å²) in [5, 5.41) is 9.28. The van der Waals surface area contributed by atoms with Crippen molar-refractivity contribution in [2.24, 2.45) is 0 Å². The second kappa shape index (κ2) is 14.7. The minimum absolute atomic E-state index is 0.0206. The number of halogens is 2. The summed E-state index contributed by atoms with van der Waals surface area (Å²) in [6.45, 7) is 3.46. The highest BCUT2D eigenvalue weighted by molar-refractivity contribution is 7.80. The summed E-state index contributed by atoms with van der Waals surface area (Å²) in [6.07, 6.45) is 2.63. The van der Waals surface area contributed by atoms with E-state index in [9.17, 15) is 18.4 Å². The third-order valence-corrected chi connectivity index (χ3v) is 7.89. The largest absolute Gasteiger partial charge is 0.457 e. The first-order valence-electron chi connectivity index (χ1n) is 14.5. The number of nitrogens with zero attached hydrogens (tertiary/aromatic N) is 4. The van der Waals surface area contributed by atoms with Crippen LogP contribution in [0.1, 0.15) is 18.4 Å². The van der Waals surface area contributed by atoms with Crippen LogP contribution in [0.15, 0.2) is 60.8 Å². The van der Waals surface area contributed by atoms with E-state index in [4.69, 9.17) is 21.8 Å². The first kappa shape index (κ1) is 32.2. The molecular formula is C31H35F2N7O4S. The van der Waals surface area contributed by atoms with Crippen molar-refractivity contribution in [1.29, 1.82) is 0 Å². The zero-order chi connectivity index (χ0) is 31.9. The van der Waals surface area contributed by atoms with Crippen molar-refractivity contribution in [2.75, 3.05) is 50.9 Å². The van der Waals surface area contributed by atoms with Crippen LogP contribution >= 0.6 is 12.2 Å². The van der Waals surface area contributed by atoms with Crippen molar-refractivity contribution in [3.05, 3.63) is 78.0 Å². The molecule has 2 saturated heterocycles. The number of nitrogens with one attached hydrogen (secondary N) is 3. The summed E-state index contributed by atoms with van der Waals surface area (Å²) in [6, 6.07) is 13.8. The number of hydrogen-bond acceptors (Lipinski definition) is 9. The lowest BCUT2D eigenvalue weighted by atomic mass is 9.98. The average Bonchev–Trinajstić information content (AvgIpc) is 2.96. The number of hydroxylamine groups is 2. The molecule has 0 radical (unpaired) electrons. The molecule has 0 unspecified atom stereocenters. The summed E-state index contributed by atoms with van der Waals surface area (Å²) in [4.78, 5) is 39.1. The second-order valence-electron chi connectivity index (χ2n) is 11.2. The summed E-state index contributed by atoms with van der Waals surface area (Å²) in [7, 11) is 4.21. The molecule has 0 spiro atoms. The number of thiocarbonyl (C=S) groups is 1. The van der Waals surface area contributed by atoms with Crippen LogP contribution in [0, 0.1) is 11.6 Å². The molecule has 3 aromatic rings. The molecule has 0 bridgehead atoms. The van der Waals surface area contributed by atoms with Crippen molar-refractivity contribution >= 4 is 40.8 Å². The molecule has 14 heteroatoms. The number of aromatic nitrogens is 1. The Kier molecular flexibility index (Phi) is 10.5. The number of likely N-dealkylation sites (N-methyl/N-ethyl adjacent to an activating group) is 1. The van der Waals surface area contributed by atoms with Gasteiger partial charge in [0, 0.05) is 56.6 Å². The second-order valence-corrected chi connectivity index (χ2v) is 11.6. The number of rotatable bonds is 9. The van der Waals surface area contributed by atoms with Crippen LogP contribution in [0.2, 0.25) is 0 Å². The van der Waals surface area contributed by atoms with Crippen LogP contribution in [0.3, 0.4) is 0 Å². The first-order valence-corrected chi connectivity index (χ1v) is 14.9. The SMILES string of the molecule is CN(C)C1CN(C2CCN(OC(=O)Nc3cc(Oc4ccc(NC(=S)NC(=O)Cc5ccc(F)cc5)c(F)c4)ccn3)CC2)C1. The fraction of sp³-hybridized carbons (Fsp3) is 0.355. The number of hydrogen-bond donors (Lipinski definition) is 3. The van der Waals surface area contributed by atoms with Gasteiger partial charge in [0.2, 0.25) is 5.91 Å². The highest BCUT2D eigenvalue weighted by atomic mass is 32.1. The Bertz CT molecular complexity index is 1510. The van der Waals surface area contributed by atoms with Gasteiger partial charge in [-0.2, -0.15) is 0 Å². The number of amides is 2. The fourth-order valence-corrected chi connectivity index (χ4v) is 5.33. The third kappa shape index (κ3) is 9.14. The van der Waals surface area contributed by atoms with E-state index in [1.807, 2.05) is 0 Å². The highest BCUT2D eigenvalue weighted by Crippen LogP contribution is 2.27. The Morgan fingerprint density at radius 3 is 2.40 bits per heavy atom. The molecule has 2 amide bonds. The minimum atomic E-state index is -0.672. The Morgan fingerprint density at radius 1 is 1.00 bits per heavy atom. The Balaban J connectivity index is 1.06. The average molecular weight is 640 g/mol. The lowest BCUT2D eigenvalue weighted by Crippen LogP contribution is -2.62. The van der Waals surface area contributed by atoms with Crippen molar-refractivity contribution in [2.45, 2.75) is 31.3 Å². The van der Waals surface area contributed by atoms with Gasteiger partial charge in [0.05, 0.1) is 12.1 Å². The quantitative estimate of drug-likeness (QED) is 0.292. The molecule has 1 aromatic heterocycles. The monoisotopic (exact) mass is 639 g/mol. The van der Waals surface area contributed by atoms with E-state index in [0.717, 1.165) is 32.0 Å². The molecule has 0 atom stereocenters. The molecule has 2 fully saturated rings. The number of piperidine rings is 1. The van der Waals surface area contributed by atoms with Crippen LogP contribution in [0.5, 0.6) is 11.5 Å². The molecule has 11 nitrogen and oxygen atoms in total. The Morgan fingerprint density at radius 2 is 1.71 bits per heavy atom. The van der Waals surface area contributed by atoms with Gasteiger partial charge in [-0.3, -0.25) is 15.0 Å². The predicted molar refractivity (Wildman–Crippen MR) is 169 cm³/mol. The molecule has 0 aliphatic carbocycles. The van der Waals surface area contributed by atoms with Gasteiger partial charge in [-0.25, -0.2) is 18.6 Å². The Labute approximate surface area is 265 Å². The number of anilines is 2. The van der Waals surface area contributed by atoms with Gasteiger partial charge in [-0.15, -0.1) is 5.06 Å². The van der Waals surface area contributed by atoms with Crippen LogP contribution in [0.25, 0.3) is 0 Å². The maximum Gasteiger partial charge on any atom is 0.431 e. The summed E-state index contributed by atoms with van der Waals surface area (Å²) in [5.41, 5.74) is 0.632. The number of pyridine rings is 1. The molecule has 3 heterocycles. The van der Waals surface area contributed by atoms with Crippen LogP contribution < -0.4 is 20.7 Å². The van der Waals surface area contributed by atoms with Gasteiger partial charge in [-0.1, -0.05) is 12.1 Å². The van der Waals surface area contributed by atoms with Gasteiger partial charge in [-0.05, 0) is 75.1 Å². The molecule has 5 rings (SSSR count). The van der Waals surface area contributed by atoms with Gasteiger partial charge in [0.25, 0.3) is 0 Å². The molecule has 2 aromatic carbocycles. The highest BCUT2D eigenvalue weighted by Gasteiger charge is 2.35. The smallest absolute Gasteiger partial charge is 0.431 e. The maximum atomic E-state index is 14.8. The molecule has 45 heavy (non-hydrogen) atoms. The summed E-state index contributed by atoms with van der Waals surface area (Å²) in [5.74, 6) is -0.795. The van der Waals surface area contributed by atoms with Crippen molar-refractivity contribution in [1.82, 2.24) is 25.2 Å². The van der Waals surface area contributed by atoms with Crippen molar-refractivity contribution in [3.63, 3.8) is 0 Å². The number of likely N-dealkylation sites (tertiary alicyclic amines) is 1. The van der Waals surface area contributed by atoms with E-state index in [2.05, 4.69) is 44.8 Å². The van der Waals surface area contributed by atoms with Crippen LogP contribution in [0.4, 0.5) is 25.1 Å². The topological polar surface area (TPSA) is 111 Å². The van der Waals surface area contributed by atoms with E-state index in [0.29, 0.717) is 36.5 Å². The van der Waals surface area contributed by atoms with Gasteiger partial charge < -0.3 is 25.1 Å². The number of benzene rings is 2. The number of ether oxygens (including phenoxy) is 1. The molecule has 238 valence electrons. The molecule has 2 aliphatic heterocycles. The van der Waals surface area contributed by atoms with Crippen molar-refractivity contribution < 1.29 is 27.9 Å². The molecule has 0 saturated carbocycles. The molecular weight excluding hydrogens is 604 g/mol. The van der Waals surface area contributed by atoms with Crippen molar-refractivity contribution in [3.8, 4) is 11.5 Å². The van der Waals surface area contributed by atoms with Crippen LogP contribution in [-0.4, -0.2) is 89.3 Å². The summed E-state index contributed by atoms with van der Waals surface area (Å²) >= 11 is 5.12. The third-order valence-electron chi connectivity index (χ3n) is 7.69.